The number of benzene rings is 1. The molecule has 0 bridgehead atoms. The highest BCUT2D eigenvalue weighted by atomic mass is 32.2. The summed E-state index contributed by atoms with van der Waals surface area (Å²) in [6.45, 7) is 5.06. The molecule has 5 rings (SSSR count). The van der Waals surface area contributed by atoms with Crippen molar-refractivity contribution < 1.29 is 9.53 Å². The van der Waals surface area contributed by atoms with Gasteiger partial charge in [-0.15, -0.1) is 0 Å². The van der Waals surface area contributed by atoms with Crippen LogP contribution in [0.4, 0.5) is 0 Å². The monoisotopic (exact) mass is 477 g/mol. The number of nitrogens with zero attached hydrogens (tertiary/aromatic N) is 5. The Morgan fingerprint density at radius 2 is 2.18 bits per heavy atom. The smallest absolute Gasteiger partial charge is 0.253 e. The van der Waals surface area contributed by atoms with Gasteiger partial charge in [0.2, 0.25) is 0 Å². The molecule has 0 radical (unpaired) electrons. The van der Waals surface area contributed by atoms with Crippen LogP contribution < -0.4 is 0 Å². The highest BCUT2D eigenvalue weighted by molar-refractivity contribution is 7.99. The van der Waals surface area contributed by atoms with Crippen molar-refractivity contribution in [1.82, 2.24) is 24.6 Å². The largest absolute Gasteiger partial charge is 0.377 e. The van der Waals surface area contributed by atoms with E-state index in [4.69, 9.17) is 9.72 Å². The Balaban J connectivity index is 1.26. The number of thioether (sulfide) groups is 1. The van der Waals surface area contributed by atoms with Gasteiger partial charge in [0.1, 0.15) is 0 Å². The fourth-order valence-electron chi connectivity index (χ4n) is 4.82. The summed E-state index contributed by atoms with van der Waals surface area (Å²) in [5.41, 5.74) is 3.98. The zero-order chi connectivity index (χ0) is 23.3. The second-order valence-corrected chi connectivity index (χ2v) is 10.1. The third kappa shape index (κ3) is 5.50. The Kier molecular flexibility index (Phi) is 7.25. The maximum absolute atomic E-state index is 13.4. The van der Waals surface area contributed by atoms with Crippen LogP contribution >= 0.6 is 11.8 Å². The second kappa shape index (κ2) is 10.7. The van der Waals surface area contributed by atoms with E-state index in [1.165, 1.54) is 0 Å². The molecule has 2 aromatic heterocycles. The highest BCUT2D eigenvalue weighted by Crippen LogP contribution is 2.30. The Morgan fingerprint density at radius 1 is 1.24 bits per heavy atom. The average Bonchev–Trinajstić information content (AvgIpc) is 3.58. The van der Waals surface area contributed by atoms with E-state index in [2.05, 4.69) is 17.0 Å². The molecule has 3 aromatic rings. The van der Waals surface area contributed by atoms with Crippen molar-refractivity contribution in [2.75, 3.05) is 25.4 Å². The zero-order valence-corrected chi connectivity index (χ0v) is 20.4. The molecule has 2 fully saturated rings. The van der Waals surface area contributed by atoms with E-state index < -0.39 is 0 Å². The number of hydrogen-bond donors (Lipinski definition) is 0. The molecule has 2 aliphatic heterocycles. The predicted molar refractivity (Wildman–Crippen MR) is 132 cm³/mol. The highest BCUT2D eigenvalue weighted by Gasteiger charge is 2.28. The molecule has 0 spiro atoms. The SMILES string of the molecule is Cc1cnc(SC[C@@H]2CCCO2)nc1[C@H]1CCCN(C(=O)c2cccc(Cn3cccn3)c2)C1. The molecule has 0 N–H and O–H groups in total. The van der Waals surface area contributed by atoms with Crippen LogP contribution in [0.3, 0.4) is 0 Å². The molecular weight excluding hydrogens is 446 g/mol. The molecule has 0 aliphatic carbocycles. The third-order valence-electron chi connectivity index (χ3n) is 6.58. The second-order valence-electron chi connectivity index (χ2n) is 9.16. The van der Waals surface area contributed by atoms with Gasteiger partial charge >= 0.3 is 0 Å². The van der Waals surface area contributed by atoms with Gasteiger partial charge in [-0.05, 0) is 61.9 Å². The van der Waals surface area contributed by atoms with Crippen molar-refractivity contribution in [1.29, 1.82) is 0 Å². The summed E-state index contributed by atoms with van der Waals surface area (Å²) in [6, 6.07) is 9.80. The van der Waals surface area contributed by atoms with Crippen LogP contribution in [0.5, 0.6) is 0 Å². The fourth-order valence-corrected chi connectivity index (χ4v) is 5.70. The van der Waals surface area contributed by atoms with Gasteiger partial charge in [0, 0.05) is 55.5 Å². The minimum atomic E-state index is 0.0895. The number of ether oxygens (including phenoxy) is 1. The van der Waals surface area contributed by atoms with E-state index in [0.717, 1.165) is 72.1 Å². The fraction of sp³-hybridized carbons (Fsp3) is 0.462. The molecule has 1 amide bonds. The first-order valence-electron chi connectivity index (χ1n) is 12.1. The predicted octanol–water partition coefficient (Wildman–Crippen LogP) is 4.32. The lowest BCUT2D eigenvalue weighted by Gasteiger charge is -2.33. The van der Waals surface area contributed by atoms with E-state index in [1.807, 2.05) is 52.3 Å². The standard InChI is InChI=1S/C26H31N5O2S/c1-19-15-27-26(34-18-23-9-4-13-33-23)29-24(19)22-8-3-11-30(17-22)25(32)21-7-2-6-20(14-21)16-31-12-5-10-28-31/h2,5-7,10,12,14-15,22-23H,3-4,8-9,11,13,16-18H2,1H3/t22-,23-/m0/s1. The molecule has 34 heavy (non-hydrogen) atoms. The van der Waals surface area contributed by atoms with Crippen molar-refractivity contribution in [2.45, 2.75) is 56.3 Å². The number of rotatable bonds is 7. The minimum Gasteiger partial charge on any atom is -0.377 e. The minimum absolute atomic E-state index is 0.0895. The quantitative estimate of drug-likeness (QED) is 0.373. The van der Waals surface area contributed by atoms with Crippen LogP contribution in [-0.2, 0) is 11.3 Å². The first-order chi connectivity index (χ1) is 16.7. The Morgan fingerprint density at radius 3 is 3.00 bits per heavy atom. The number of carbonyl (C=O) groups excluding carboxylic acids is 1. The van der Waals surface area contributed by atoms with Crippen molar-refractivity contribution in [2.24, 2.45) is 0 Å². The summed E-state index contributed by atoms with van der Waals surface area (Å²) in [6.07, 6.45) is 10.2. The van der Waals surface area contributed by atoms with Gasteiger partial charge < -0.3 is 9.64 Å². The van der Waals surface area contributed by atoms with Crippen LogP contribution in [0, 0.1) is 6.92 Å². The van der Waals surface area contributed by atoms with Gasteiger partial charge in [-0.1, -0.05) is 23.9 Å². The van der Waals surface area contributed by atoms with Gasteiger partial charge in [0.15, 0.2) is 5.16 Å². The lowest BCUT2D eigenvalue weighted by atomic mass is 9.92. The molecule has 2 saturated heterocycles. The summed E-state index contributed by atoms with van der Waals surface area (Å²) < 4.78 is 7.61. The molecular formula is C26H31N5O2S. The van der Waals surface area contributed by atoms with E-state index in [9.17, 15) is 4.79 Å². The zero-order valence-electron chi connectivity index (χ0n) is 19.6. The van der Waals surface area contributed by atoms with Crippen molar-refractivity contribution >= 4 is 17.7 Å². The van der Waals surface area contributed by atoms with E-state index in [1.54, 1.807) is 18.0 Å². The van der Waals surface area contributed by atoms with Crippen molar-refractivity contribution in [3.05, 3.63) is 71.3 Å². The molecule has 8 heteroatoms. The molecule has 178 valence electrons. The van der Waals surface area contributed by atoms with Gasteiger partial charge in [-0.2, -0.15) is 5.10 Å². The number of aryl methyl sites for hydroxylation is 1. The molecule has 1 aromatic carbocycles. The maximum atomic E-state index is 13.4. The third-order valence-corrected chi connectivity index (χ3v) is 7.58. The first kappa shape index (κ1) is 23.1. The average molecular weight is 478 g/mol. The summed E-state index contributed by atoms with van der Waals surface area (Å²) in [5, 5.41) is 5.08. The van der Waals surface area contributed by atoms with E-state index in [0.29, 0.717) is 19.2 Å². The summed E-state index contributed by atoms with van der Waals surface area (Å²) in [7, 11) is 0. The van der Waals surface area contributed by atoms with Crippen LogP contribution in [0.1, 0.15) is 58.8 Å². The summed E-state index contributed by atoms with van der Waals surface area (Å²) >= 11 is 1.68. The Hall–Kier alpha value is -2.71. The molecule has 2 aliphatic rings. The molecule has 0 unspecified atom stereocenters. The summed E-state index contributed by atoms with van der Waals surface area (Å²) in [5.74, 6) is 1.22. The molecule has 2 atom stereocenters. The normalized spacial score (nSPS) is 20.6. The number of carbonyl (C=O) groups is 1. The molecule has 4 heterocycles. The number of likely N-dealkylation sites (tertiary alicyclic amines) is 1. The van der Waals surface area contributed by atoms with Gasteiger partial charge in [0.25, 0.3) is 5.91 Å². The molecule has 0 saturated carbocycles. The van der Waals surface area contributed by atoms with Gasteiger partial charge in [-0.25, -0.2) is 9.97 Å². The number of piperidine rings is 1. The number of aromatic nitrogens is 4. The van der Waals surface area contributed by atoms with Crippen LogP contribution in [0.2, 0.25) is 0 Å². The maximum Gasteiger partial charge on any atom is 0.253 e. The van der Waals surface area contributed by atoms with Crippen LogP contribution in [-0.4, -0.2) is 62.1 Å². The Bertz CT molecular complexity index is 1110. The van der Waals surface area contributed by atoms with Crippen LogP contribution in [0.25, 0.3) is 0 Å². The van der Waals surface area contributed by atoms with Crippen molar-refractivity contribution in [3.8, 4) is 0 Å². The number of amides is 1. The summed E-state index contributed by atoms with van der Waals surface area (Å²) in [4.78, 5) is 24.8. The lowest BCUT2D eigenvalue weighted by Crippen LogP contribution is -2.39. The first-order valence-corrected chi connectivity index (χ1v) is 13.1. The van der Waals surface area contributed by atoms with Crippen LogP contribution in [0.15, 0.2) is 54.1 Å². The van der Waals surface area contributed by atoms with Gasteiger partial charge in [0.05, 0.1) is 18.3 Å². The number of hydrogen-bond acceptors (Lipinski definition) is 6. The molecule has 7 nitrogen and oxygen atoms in total. The Labute approximate surface area is 204 Å². The van der Waals surface area contributed by atoms with E-state index >= 15 is 0 Å². The van der Waals surface area contributed by atoms with Crippen molar-refractivity contribution in [3.63, 3.8) is 0 Å². The lowest BCUT2D eigenvalue weighted by molar-refractivity contribution is 0.0705. The topological polar surface area (TPSA) is 73.1 Å². The van der Waals surface area contributed by atoms with E-state index in [-0.39, 0.29) is 11.8 Å². The van der Waals surface area contributed by atoms with Gasteiger partial charge in [-0.3, -0.25) is 9.48 Å².